The number of anilines is 1. The molecule has 1 aromatic heterocycles. The Balaban J connectivity index is 2.00. The van der Waals surface area contributed by atoms with Crippen LogP contribution in [0.3, 0.4) is 0 Å². The molecule has 8 heteroatoms. The number of amides is 1. The average Bonchev–Trinajstić information content (AvgIpc) is 2.92. The zero-order valence-corrected chi connectivity index (χ0v) is 14.7. The first kappa shape index (κ1) is 17.7. The van der Waals surface area contributed by atoms with Gasteiger partial charge >= 0.3 is 0 Å². The maximum atomic E-state index is 13.6. The smallest absolute Gasteiger partial charge is 0.267 e. The molecule has 0 radical (unpaired) electrons. The topological polar surface area (TPSA) is 64.1 Å². The van der Waals surface area contributed by atoms with Gasteiger partial charge in [-0.25, -0.2) is 4.39 Å². The molecule has 1 N–H and O–H groups in total. The summed E-state index contributed by atoms with van der Waals surface area (Å²) in [5.74, 6) is -0.805. The Labute approximate surface area is 142 Å². The Morgan fingerprint density at radius 3 is 2.78 bits per heavy atom. The summed E-state index contributed by atoms with van der Waals surface area (Å²) in [7, 11) is 0. The van der Waals surface area contributed by atoms with Crippen LogP contribution in [0.25, 0.3) is 0 Å². The Bertz CT molecular complexity index is 664. The second-order valence-corrected chi connectivity index (χ2v) is 7.78. The van der Waals surface area contributed by atoms with Crippen LogP contribution in [0.15, 0.2) is 28.6 Å². The second-order valence-electron chi connectivity index (χ2n) is 4.97. The van der Waals surface area contributed by atoms with Gasteiger partial charge in [-0.05, 0) is 18.6 Å². The summed E-state index contributed by atoms with van der Waals surface area (Å²) in [6, 6.07) is 6.01. The number of benzene rings is 1. The molecule has 1 heterocycles. The molecule has 0 saturated carbocycles. The minimum Gasteiger partial charge on any atom is -0.478 e. The lowest BCUT2D eigenvalue weighted by atomic mass is 10.2. The number of carbonyl (C=O) groups is 1. The third-order valence-electron chi connectivity index (χ3n) is 2.74. The van der Waals surface area contributed by atoms with Crippen molar-refractivity contribution in [2.75, 3.05) is 5.32 Å². The van der Waals surface area contributed by atoms with E-state index in [1.807, 2.05) is 0 Å². The van der Waals surface area contributed by atoms with Gasteiger partial charge in [0.2, 0.25) is 5.13 Å². The average molecular weight is 355 g/mol. The van der Waals surface area contributed by atoms with Gasteiger partial charge in [-0.3, -0.25) is 10.1 Å². The Hall–Kier alpha value is -1.67. The van der Waals surface area contributed by atoms with Gasteiger partial charge in [-0.1, -0.05) is 56.0 Å². The van der Waals surface area contributed by atoms with Crippen LogP contribution in [0.2, 0.25) is 0 Å². The van der Waals surface area contributed by atoms with E-state index >= 15 is 0 Å². The predicted octanol–water partition coefficient (Wildman–Crippen LogP) is 3.97. The minimum absolute atomic E-state index is 0.0582. The zero-order chi connectivity index (χ0) is 16.8. The predicted molar refractivity (Wildman–Crippen MR) is 90.6 cm³/mol. The first-order chi connectivity index (χ1) is 11.0. The number of para-hydroxylation sites is 1. The molecule has 0 saturated heterocycles. The normalized spacial score (nSPS) is 12.2. The molecule has 124 valence electrons. The molecule has 0 aliphatic heterocycles. The highest BCUT2D eigenvalue weighted by molar-refractivity contribution is 8.01. The molecule has 1 atom stereocenters. The molecule has 1 amide bonds. The van der Waals surface area contributed by atoms with Gasteiger partial charge in [0.1, 0.15) is 0 Å². The van der Waals surface area contributed by atoms with Crippen molar-refractivity contribution >= 4 is 34.1 Å². The van der Waals surface area contributed by atoms with Gasteiger partial charge in [0.15, 0.2) is 22.0 Å². The molecular formula is C15H18FN3O2S2. The Morgan fingerprint density at radius 2 is 2.13 bits per heavy atom. The van der Waals surface area contributed by atoms with Crippen LogP contribution in [0, 0.1) is 5.82 Å². The Kier molecular flexibility index (Phi) is 6.35. The summed E-state index contributed by atoms with van der Waals surface area (Å²) in [4.78, 5) is 12.3. The molecule has 0 spiro atoms. The zero-order valence-electron chi connectivity index (χ0n) is 13.1. The summed E-state index contributed by atoms with van der Waals surface area (Å²) in [6.45, 7) is 5.91. The molecule has 5 nitrogen and oxygen atoms in total. The fourth-order valence-electron chi connectivity index (χ4n) is 1.71. The van der Waals surface area contributed by atoms with Crippen molar-refractivity contribution in [3.63, 3.8) is 0 Å². The van der Waals surface area contributed by atoms with Gasteiger partial charge in [-0.2, -0.15) is 0 Å². The lowest BCUT2D eigenvalue weighted by molar-refractivity contribution is -0.122. The highest BCUT2D eigenvalue weighted by Crippen LogP contribution is 2.28. The van der Waals surface area contributed by atoms with E-state index in [0.717, 1.165) is 4.34 Å². The van der Waals surface area contributed by atoms with Crippen LogP contribution in [0.1, 0.15) is 27.2 Å². The molecule has 23 heavy (non-hydrogen) atoms. The molecule has 0 bridgehead atoms. The molecule has 0 aliphatic rings. The van der Waals surface area contributed by atoms with E-state index in [9.17, 15) is 9.18 Å². The number of hydrogen-bond donors (Lipinski definition) is 1. The van der Waals surface area contributed by atoms with E-state index in [-0.39, 0.29) is 11.7 Å². The van der Waals surface area contributed by atoms with Crippen LogP contribution < -0.4 is 10.1 Å². The van der Waals surface area contributed by atoms with Crippen LogP contribution >= 0.6 is 23.1 Å². The van der Waals surface area contributed by atoms with Crippen molar-refractivity contribution in [1.82, 2.24) is 10.2 Å². The van der Waals surface area contributed by atoms with E-state index in [4.69, 9.17) is 4.74 Å². The van der Waals surface area contributed by atoms with Crippen molar-refractivity contribution in [3.05, 3.63) is 30.1 Å². The van der Waals surface area contributed by atoms with E-state index < -0.39 is 11.9 Å². The number of nitrogens with one attached hydrogen (secondary N) is 1. The van der Waals surface area contributed by atoms with Gasteiger partial charge in [0, 0.05) is 5.25 Å². The third-order valence-corrected chi connectivity index (χ3v) is 4.67. The number of aromatic nitrogens is 2. The van der Waals surface area contributed by atoms with E-state index in [2.05, 4.69) is 29.4 Å². The fourth-order valence-corrected chi connectivity index (χ4v) is 3.69. The number of thioether (sulfide) groups is 1. The molecular weight excluding hydrogens is 337 g/mol. The lowest BCUT2D eigenvalue weighted by Crippen LogP contribution is -2.32. The largest absolute Gasteiger partial charge is 0.478 e. The molecule has 0 aliphatic carbocycles. The standard InChI is InChI=1S/C15H18FN3O2S2/c1-4-11(21-12-8-6-5-7-10(12)16)13(20)17-14-18-19-15(23-14)22-9(2)3/h5-9,11H,4H2,1-3H3,(H,17,18,20)/t11-/m0/s1. The SMILES string of the molecule is CC[C@H](Oc1ccccc1F)C(=O)Nc1nnc(SC(C)C)s1. The Morgan fingerprint density at radius 1 is 1.39 bits per heavy atom. The van der Waals surface area contributed by atoms with Crippen LogP contribution in [0.4, 0.5) is 9.52 Å². The molecule has 1 aromatic carbocycles. The number of ether oxygens (including phenoxy) is 1. The van der Waals surface area contributed by atoms with Crippen molar-refractivity contribution in [3.8, 4) is 5.75 Å². The molecule has 0 fully saturated rings. The monoisotopic (exact) mass is 355 g/mol. The number of rotatable bonds is 7. The first-order valence-electron chi connectivity index (χ1n) is 7.21. The lowest BCUT2D eigenvalue weighted by Gasteiger charge is -2.16. The number of hydrogen-bond acceptors (Lipinski definition) is 6. The van der Waals surface area contributed by atoms with Crippen molar-refractivity contribution in [2.45, 2.75) is 42.9 Å². The van der Waals surface area contributed by atoms with Gasteiger partial charge < -0.3 is 4.74 Å². The maximum Gasteiger partial charge on any atom is 0.267 e. The van der Waals surface area contributed by atoms with Crippen LogP contribution in [0.5, 0.6) is 5.75 Å². The number of carbonyl (C=O) groups excluding carboxylic acids is 1. The van der Waals surface area contributed by atoms with E-state index in [1.54, 1.807) is 30.8 Å². The minimum atomic E-state index is -0.794. The van der Waals surface area contributed by atoms with Crippen LogP contribution in [-0.4, -0.2) is 27.5 Å². The van der Waals surface area contributed by atoms with Gasteiger partial charge in [-0.15, -0.1) is 10.2 Å². The maximum absolute atomic E-state index is 13.6. The van der Waals surface area contributed by atoms with E-state index in [0.29, 0.717) is 16.8 Å². The number of halogens is 1. The quantitative estimate of drug-likeness (QED) is 0.601. The van der Waals surface area contributed by atoms with E-state index in [1.165, 1.54) is 23.5 Å². The van der Waals surface area contributed by atoms with Crippen molar-refractivity contribution < 1.29 is 13.9 Å². The molecule has 2 rings (SSSR count). The van der Waals surface area contributed by atoms with Crippen LogP contribution in [-0.2, 0) is 4.79 Å². The van der Waals surface area contributed by atoms with Gasteiger partial charge in [0.25, 0.3) is 5.91 Å². The summed E-state index contributed by atoms with van der Waals surface area (Å²) >= 11 is 2.88. The highest BCUT2D eigenvalue weighted by Gasteiger charge is 2.21. The first-order valence-corrected chi connectivity index (χ1v) is 8.91. The van der Waals surface area contributed by atoms with Crippen molar-refractivity contribution in [2.24, 2.45) is 0 Å². The number of nitrogens with zero attached hydrogens (tertiary/aromatic N) is 2. The second kappa shape index (κ2) is 8.26. The highest BCUT2D eigenvalue weighted by atomic mass is 32.2. The summed E-state index contributed by atoms with van der Waals surface area (Å²) in [5, 5.41) is 11.4. The molecule has 2 aromatic rings. The van der Waals surface area contributed by atoms with Crippen molar-refractivity contribution in [1.29, 1.82) is 0 Å². The summed E-state index contributed by atoms with van der Waals surface area (Å²) in [5.41, 5.74) is 0. The van der Waals surface area contributed by atoms with Gasteiger partial charge in [0.05, 0.1) is 0 Å². The third kappa shape index (κ3) is 5.18. The molecule has 0 unspecified atom stereocenters. The fraction of sp³-hybridized carbons (Fsp3) is 0.400. The summed E-state index contributed by atoms with van der Waals surface area (Å²) in [6.07, 6.45) is -0.385. The summed E-state index contributed by atoms with van der Waals surface area (Å²) < 4.78 is 19.9.